The molecule has 0 atom stereocenters. The summed E-state index contributed by atoms with van der Waals surface area (Å²) in [5, 5.41) is 32.6. The van der Waals surface area contributed by atoms with Gasteiger partial charge in [-0.15, -0.1) is 0 Å². The van der Waals surface area contributed by atoms with Gasteiger partial charge in [-0.3, -0.25) is 20.2 Å². The number of halogens is 2. The van der Waals surface area contributed by atoms with E-state index >= 15 is 0 Å². The Hall–Kier alpha value is -3.69. The average molecular weight is 592 g/mol. The lowest BCUT2D eigenvalue weighted by molar-refractivity contribution is -0.394. The van der Waals surface area contributed by atoms with Crippen molar-refractivity contribution < 1.29 is 19.3 Å². The van der Waals surface area contributed by atoms with Crippen molar-refractivity contribution in [2.45, 2.75) is 6.92 Å². The van der Waals surface area contributed by atoms with Gasteiger partial charge in [0.1, 0.15) is 0 Å². The predicted molar refractivity (Wildman–Crippen MR) is 135 cm³/mol. The Morgan fingerprint density at radius 1 is 1.09 bits per heavy atom. The quantitative estimate of drug-likeness (QED) is 0.0905. The van der Waals surface area contributed by atoms with E-state index in [1.165, 1.54) is 6.07 Å². The van der Waals surface area contributed by atoms with Crippen LogP contribution in [0.4, 0.5) is 11.4 Å². The first kappa shape index (κ1) is 24.9. The highest BCUT2D eigenvalue weighted by atomic mass is 127. The molecule has 0 fully saturated rings. The molecule has 0 aliphatic carbocycles. The van der Waals surface area contributed by atoms with Crippen LogP contribution in [-0.4, -0.2) is 16.5 Å². The molecule has 0 saturated carbocycles. The van der Waals surface area contributed by atoms with Gasteiger partial charge in [0.25, 0.3) is 5.69 Å². The van der Waals surface area contributed by atoms with E-state index in [0.29, 0.717) is 31.0 Å². The van der Waals surface area contributed by atoms with E-state index < -0.39 is 21.2 Å². The highest BCUT2D eigenvalue weighted by Crippen LogP contribution is 2.41. The minimum absolute atomic E-state index is 0.170. The molecule has 0 unspecified atom stereocenters. The van der Waals surface area contributed by atoms with Crippen LogP contribution in [0.25, 0.3) is 11.6 Å². The molecule has 0 aliphatic rings. The molecule has 34 heavy (non-hydrogen) atoms. The van der Waals surface area contributed by atoms with E-state index in [9.17, 15) is 25.5 Å². The Bertz CT molecular complexity index is 1340. The first-order valence-corrected chi connectivity index (χ1v) is 11.1. The van der Waals surface area contributed by atoms with Gasteiger partial charge in [0.05, 0.1) is 37.7 Å². The zero-order valence-electron chi connectivity index (χ0n) is 17.5. The normalized spacial score (nSPS) is 10.9. The largest absolute Gasteiger partial charge is 0.490 e. The van der Waals surface area contributed by atoms with Gasteiger partial charge in [0.2, 0.25) is 5.75 Å². The van der Waals surface area contributed by atoms with Crippen molar-refractivity contribution in [2.75, 3.05) is 6.61 Å². The first-order chi connectivity index (χ1) is 16.2. The molecule has 3 aromatic rings. The number of nitro benzene ring substituents is 2. The second kappa shape index (κ2) is 11.0. The Kier molecular flexibility index (Phi) is 8.04. The van der Waals surface area contributed by atoms with Crippen molar-refractivity contribution in [3.8, 4) is 23.3 Å². The van der Waals surface area contributed by atoms with Crippen molar-refractivity contribution in [1.82, 2.24) is 0 Å². The lowest BCUT2D eigenvalue weighted by Crippen LogP contribution is -2.00. The van der Waals surface area contributed by atoms with Crippen LogP contribution >= 0.6 is 34.2 Å². The van der Waals surface area contributed by atoms with Gasteiger partial charge >= 0.3 is 5.69 Å². The van der Waals surface area contributed by atoms with Gasteiger partial charge in [-0.2, -0.15) is 5.26 Å². The van der Waals surface area contributed by atoms with E-state index in [-0.39, 0.29) is 18.1 Å². The fourth-order valence-corrected chi connectivity index (χ4v) is 3.83. The molecule has 3 aromatic carbocycles. The Morgan fingerprint density at radius 2 is 1.79 bits per heavy atom. The van der Waals surface area contributed by atoms with Crippen LogP contribution in [0.15, 0.2) is 54.6 Å². The van der Waals surface area contributed by atoms with E-state index in [4.69, 9.17) is 21.1 Å². The Balaban J connectivity index is 2.06. The summed E-state index contributed by atoms with van der Waals surface area (Å²) in [6, 6.07) is 15.5. The van der Waals surface area contributed by atoms with Crippen LogP contribution in [0.3, 0.4) is 0 Å². The maximum absolute atomic E-state index is 11.5. The van der Waals surface area contributed by atoms with E-state index in [1.807, 2.05) is 22.6 Å². The summed E-state index contributed by atoms with van der Waals surface area (Å²) in [5.74, 6) is 0.333. The van der Waals surface area contributed by atoms with Gasteiger partial charge in [0, 0.05) is 11.1 Å². The number of rotatable bonds is 8. The number of nitrogens with zero attached hydrogens (tertiary/aromatic N) is 3. The highest BCUT2D eigenvalue weighted by molar-refractivity contribution is 14.1. The monoisotopic (exact) mass is 591 g/mol. The maximum Gasteiger partial charge on any atom is 0.318 e. The van der Waals surface area contributed by atoms with Crippen LogP contribution in [0.1, 0.15) is 18.1 Å². The third kappa shape index (κ3) is 5.81. The fourth-order valence-electron chi connectivity index (χ4n) is 2.97. The van der Waals surface area contributed by atoms with Gasteiger partial charge in [-0.1, -0.05) is 23.7 Å². The molecule has 3 rings (SSSR count). The third-order valence-electron chi connectivity index (χ3n) is 4.48. The smallest absolute Gasteiger partial charge is 0.318 e. The standard InChI is InChI=1S/C23H15ClIN3O6/c1-2-33-22-11-14(9-16(13-26)15-3-5-17(24)6-4-15)10-19(25)23(22)34-21-8-7-18(27(29)30)12-20(21)28(31)32/h3-12H,2H2,1H3/b16-9+. The van der Waals surface area contributed by atoms with Crippen molar-refractivity contribution >= 4 is 57.2 Å². The van der Waals surface area contributed by atoms with Crippen LogP contribution < -0.4 is 9.47 Å². The van der Waals surface area contributed by atoms with Crippen LogP contribution in [0.5, 0.6) is 17.2 Å². The fraction of sp³-hybridized carbons (Fsp3) is 0.0870. The Morgan fingerprint density at radius 3 is 2.38 bits per heavy atom. The van der Waals surface area contributed by atoms with Crippen molar-refractivity contribution in [1.29, 1.82) is 5.26 Å². The molecular weight excluding hydrogens is 577 g/mol. The topological polar surface area (TPSA) is 129 Å². The molecular formula is C23H15ClIN3O6. The summed E-state index contributed by atoms with van der Waals surface area (Å²) < 4.78 is 12.1. The van der Waals surface area contributed by atoms with Crippen LogP contribution in [0.2, 0.25) is 5.02 Å². The van der Waals surface area contributed by atoms with E-state index in [1.54, 1.807) is 49.4 Å². The second-order valence-corrected chi connectivity index (χ2v) is 8.31. The number of non-ortho nitro benzene ring substituents is 1. The van der Waals surface area contributed by atoms with Crippen LogP contribution in [-0.2, 0) is 0 Å². The molecule has 0 aliphatic heterocycles. The predicted octanol–water partition coefficient (Wildman–Crippen LogP) is 7.02. The minimum atomic E-state index is -0.752. The molecule has 0 spiro atoms. The van der Waals surface area contributed by atoms with Gasteiger partial charge in [-0.05, 0) is 77.0 Å². The highest BCUT2D eigenvalue weighted by Gasteiger charge is 2.23. The van der Waals surface area contributed by atoms with E-state index in [0.717, 1.165) is 12.1 Å². The SMILES string of the molecule is CCOc1cc(/C=C(\C#N)c2ccc(Cl)cc2)cc(I)c1Oc1ccc([N+](=O)[O-])cc1[N+](=O)[O-]. The van der Waals surface area contributed by atoms with Gasteiger partial charge in [0.15, 0.2) is 11.5 Å². The molecule has 0 radical (unpaired) electrons. The number of ether oxygens (including phenoxy) is 2. The van der Waals surface area contributed by atoms with Crippen molar-refractivity contribution in [2.24, 2.45) is 0 Å². The number of nitriles is 1. The Labute approximate surface area is 212 Å². The first-order valence-electron chi connectivity index (χ1n) is 9.68. The molecule has 0 amide bonds. The molecule has 0 aromatic heterocycles. The lowest BCUT2D eigenvalue weighted by Gasteiger charge is -2.15. The molecule has 0 saturated heterocycles. The second-order valence-electron chi connectivity index (χ2n) is 6.71. The summed E-state index contributed by atoms with van der Waals surface area (Å²) in [6.45, 7) is 2.05. The van der Waals surface area contributed by atoms with Gasteiger partial charge < -0.3 is 9.47 Å². The zero-order chi connectivity index (χ0) is 24.8. The number of nitro groups is 2. The summed E-state index contributed by atoms with van der Waals surface area (Å²) >= 11 is 7.92. The molecule has 172 valence electrons. The van der Waals surface area contributed by atoms with Crippen molar-refractivity contribution in [3.05, 3.63) is 94.5 Å². The molecule has 9 nitrogen and oxygen atoms in total. The number of hydrogen-bond donors (Lipinski definition) is 0. The summed E-state index contributed by atoms with van der Waals surface area (Å²) in [6.07, 6.45) is 1.67. The third-order valence-corrected chi connectivity index (χ3v) is 5.53. The number of allylic oxidation sites excluding steroid dienone is 1. The summed E-state index contributed by atoms with van der Waals surface area (Å²) in [7, 11) is 0. The molecule has 11 heteroatoms. The van der Waals surface area contributed by atoms with Crippen LogP contribution in [0, 0.1) is 35.1 Å². The number of benzene rings is 3. The van der Waals surface area contributed by atoms with E-state index in [2.05, 4.69) is 6.07 Å². The molecule has 0 bridgehead atoms. The molecule has 0 N–H and O–H groups in total. The number of hydrogen-bond acceptors (Lipinski definition) is 7. The minimum Gasteiger partial charge on any atom is -0.490 e. The average Bonchev–Trinajstić information content (AvgIpc) is 2.80. The maximum atomic E-state index is 11.5. The summed E-state index contributed by atoms with van der Waals surface area (Å²) in [4.78, 5) is 21.0. The molecule has 0 heterocycles. The van der Waals surface area contributed by atoms with Gasteiger partial charge in [-0.25, -0.2) is 0 Å². The lowest BCUT2D eigenvalue weighted by atomic mass is 10.0. The zero-order valence-corrected chi connectivity index (χ0v) is 20.4. The van der Waals surface area contributed by atoms with Crippen molar-refractivity contribution in [3.63, 3.8) is 0 Å². The summed E-state index contributed by atoms with van der Waals surface area (Å²) in [5.41, 5.74) is 0.748.